The van der Waals surface area contributed by atoms with Crippen LogP contribution in [0, 0.1) is 6.92 Å². The van der Waals surface area contributed by atoms with Crippen LogP contribution in [0.15, 0.2) is 10.9 Å². The second kappa shape index (κ2) is 4.77. The largest absolute Gasteiger partial charge is 0.481 e. The fourth-order valence-electron chi connectivity index (χ4n) is 2.10. The average Bonchev–Trinajstić information content (AvgIpc) is 2.61. The van der Waals surface area contributed by atoms with Crippen molar-refractivity contribution < 1.29 is 4.74 Å². The van der Waals surface area contributed by atoms with Gasteiger partial charge in [-0.25, -0.2) is 9.67 Å². The Hall–Kier alpha value is -2.11. The van der Waals surface area contributed by atoms with E-state index in [4.69, 9.17) is 4.74 Å². The maximum atomic E-state index is 11.9. The molecule has 108 valence electrons. The molecule has 0 aromatic carbocycles. The summed E-state index contributed by atoms with van der Waals surface area (Å²) in [6.07, 6.45) is 0. The molecule has 0 aliphatic heterocycles. The van der Waals surface area contributed by atoms with Gasteiger partial charge in [0.1, 0.15) is 11.4 Å². The predicted molar refractivity (Wildman–Crippen MR) is 77.0 cm³/mol. The zero-order chi connectivity index (χ0) is 15.1. The molecule has 6 heteroatoms. The first kappa shape index (κ1) is 14.3. The zero-order valence-electron chi connectivity index (χ0n) is 12.7. The first-order valence-electron chi connectivity index (χ1n) is 6.44. The van der Waals surface area contributed by atoms with Crippen molar-refractivity contribution in [1.29, 1.82) is 0 Å². The van der Waals surface area contributed by atoms with E-state index in [-0.39, 0.29) is 11.0 Å². The van der Waals surface area contributed by atoms with Gasteiger partial charge in [-0.05, 0) is 6.92 Å². The number of methoxy groups -OCH3 is 1. The van der Waals surface area contributed by atoms with Crippen LogP contribution in [0.5, 0.6) is 5.88 Å². The number of nitrogens with one attached hydrogen (secondary N) is 1. The predicted octanol–water partition coefficient (Wildman–Crippen LogP) is 1.78. The zero-order valence-corrected chi connectivity index (χ0v) is 12.7. The fourth-order valence-corrected chi connectivity index (χ4v) is 2.10. The minimum absolute atomic E-state index is 0.176. The molecular formula is C14H20N4O2. The normalized spacial score (nSPS) is 11.7. The van der Waals surface area contributed by atoms with E-state index in [1.54, 1.807) is 18.8 Å². The average molecular weight is 276 g/mol. The summed E-state index contributed by atoms with van der Waals surface area (Å²) in [7, 11) is 3.37. The Bertz CT molecular complexity index is 692. The second-order valence-corrected chi connectivity index (χ2v) is 5.82. The molecule has 6 nitrogen and oxygen atoms in total. The summed E-state index contributed by atoms with van der Waals surface area (Å²) in [6, 6.07) is 1.53. The lowest BCUT2D eigenvalue weighted by atomic mass is 9.92. The van der Waals surface area contributed by atoms with Crippen molar-refractivity contribution in [3.63, 3.8) is 0 Å². The third-order valence-electron chi connectivity index (χ3n) is 3.11. The maximum Gasteiger partial charge on any atom is 0.251 e. The van der Waals surface area contributed by atoms with Gasteiger partial charge in [-0.3, -0.25) is 4.79 Å². The van der Waals surface area contributed by atoms with Gasteiger partial charge in [0.25, 0.3) is 5.56 Å². The second-order valence-electron chi connectivity index (χ2n) is 5.82. The number of hydrogen-bond acceptors (Lipinski definition) is 4. The van der Waals surface area contributed by atoms with Crippen LogP contribution in [-0.2, 0) is 12.5 Å². The Kier molecular flexibility index (Phi) is 3.41. The van der Waals surface area contributed by atoms with E-state index in [2.05, 4.69) is 15.1 Å². The molecule has 0 aliphatic rings. The van der Waals surface area contributed by atoms with Crippen LogP contribution in [-0.4, -0.2) is 26.9 Å². The lowest BCUT2D eigenvalue weighted by Gasteiger charge is -2.18. The van der Waals surface area contributed by atoms with Crippen molar-refractivity contribution in [3.05, 3.63) is 27.8 Å². The van der Waals surface area contributed by atoms with Crippen molar-refractivity contribution in [1.82, 2.24) is 19.7 Å². The summed E-state index contributed by atoms with van der Waals surface area (Å²) in [5.41, 5.74) is 1.84. The molecule has 0 saturated carbocycles. The summed E-state index contributed by atoms with van der Waals surface area (Å²) < 4.78 is 6.99. The van der Waals surface area contributed by atoms with Crippen molar-refractivity contribution >= 4 is 0 Å². The SMILES string of the molecule is COc1c(-c2nc(C(C)(C)C)cc(=O)[nH]2)c(C)nn1C. The standard InChI is InChI=1S/C14H20N4O2/c1-8-11(13(20-6)18(5)17-8)12-15-9(14(2,3)4)7-10(19)16-12/h7H,1-6H3,(H,15,16,19). The molecule has 1 N–H and O–H groups in total. The quantitative estimate of drug-likeness (QED) is 0.907. The summed E-state index contributed by atoms with van der Waals surface area (Å²) in [4.78, 5) is 19.2. The number of aryl methyl sites for hydroxylation is 2. The van der Waals surface area contributed by atoms with Crippen LogP contribution < -0.4 is 10.3 Å². The van der Waals surface area contributed by atoms with E-state index < -0.39 is 0 Å². The van der Waals surface area contributed by atoms with E-state index in [9.17, 15) is 4.79 Å². The number of hydrogen-bond donors (Lipinski definition) is 1. The maximum absolute atomic E-state index is 11.9. The third-order valence-corrected chi connectivity index (χ3v) is 3.11. The molecule has 2 rings (SSSR count). The Balaban J connectivity index is 2.71. The number of H-pyrrole nitrogens is 1. The highest BCUT2D eigenvalue weighted by Gasteiger charge is 2.22. The first-order valence-corrected chi connectivity index (χ1v) is 6.44. The van der Waals surface area contributed by atoms with Crippen LogP contribution in [0.4, 0.5) is 0 Å². The number of aromatic amines is 1. The van der Waals surface area contributed by atoms with E-state index in [1.807, 2.05) is 27.7 Å². The van der Waals surface area contributed by atoms with Gasteiger partial charge in [-0.15, -0.1) is 0 Å². The van der Waals surface area contributed by atoms with Gasteiger partial charge in [0.2, 0.25) is 5.88 Å². The van der Waals surface area contributed by atoms with Crippen molar-refractivity contribution in [2.75, 3.05) is 7.11 Å². The van der Waals surface area contributed by atoms with E-state index in [1.165, 1.54) is 6.07 Å². The van der Waals surface area contributed by atoms with Gasteiger partial charge in [-0.1, -0.05) is 20.8 Å². The molecule has 0 spiro atoms. The molecule has 0 amide bonds. The minimum atomic E-state index is -0.202. The molecule has 0 fully saturated rings. The highest BCUT2D eigenvalue weighted by atomic mass is 16.5. The highest BCUT2D eigenvalue weighted by Crippen LogP contribution is 2.30. The minimum Gasteiger partial charge on any atom is -0.481 e. The highest BCUT2D eigenvalue weighted by molar-refractivity contribution is 5.65. The lowest BCUT2D eigenvalue weighted by Crippen LogP contribution is -2.20. The van der Waals surface area contributed by atoms with Gasteiger partial charge >= 0.3 is 0 Å². The fraction of sp³-hybridized carbons (Fsp3) is 0.500. The smallest absolute Gasteiger partial charge is 0.251 e. The van der Waals surface area contributed by atoms with Gasteiger partial charge in [-0.2, -0.15) is 5.10 Å². The molecule has 0 atom stereocenters. The molecule has 2 aromatic rings. The van der Waals surface area contributed by atoms with E-state index in [0.29, 0.717) is 11.7 Å². The summed E-state index contributed by atoms with van der Waals surface area (Å²) in [6.45, 7) is 7.92. The molecule has 2 aromatic heterocycles. The van der Waals surface area contributed by atoms with Gasteiger partial charge < -0.3 is 9.72 Å². The molecule has 0 bridgehead atoms. The number of aromatic nitrogens is 4. The monoisotopic (exact) mass is 276 g/mol. The molecular weight excluding hydrogens is 256 g/mol. The van der Waals surface area contributed by atoms with Crippen LogP contribution >= 0.6 is 0 Å². The van der Waals surface area contributed by atoms with Crippen molar-refractivity contribution in [2.45, 2.75) is 33.1 Å². The Morgan fingerprint density at radius 2 is 2.00 bits per heavy atom. The summed E-state index contributed by atoms with van der Waals surface area (Å²) in [5, 5.41) is 4.31. The number of rotatable bonds is 2. The van der Waals surface area contributed by atoms with Crippen molar-refractivity contribution in [2.24, 2.45) is 7.05 Å². The van der Waals surface area contributed by atoms with Gasteiger partial charge in [0, 0.05) is 18.5 Å². The summed E-state index contributed by atoms with van der Waals surface area (Å²) in [5.74, 6) is 1.07. The molecule has 2 heterocycles. The first-order chi connectivity index (χ1) is 9.24. The molecule has 0 saturated heterocycles. The lowest BCUT2D eigenvalue weighted by molar-refractivity contribution is 0.374. The number of ether oxygens (including phenoxy) is 1. The van der Waals surface area contributed by atoms with Crippen LogP contribution in [0.3, 0.4) is 0 Å². The Morgan fingerprint density at radius 3 is 2.55 bits per heavy atom. The molecule has 20 heavy (non-hydrogen) atoms. The van der Waals surface area contributed by atoms with Crippen molar-refractivity contribution in [3.8, 4) is 17.3 Å². The number of nitrogens with zero attached hydrogens (tertiary/aromatic N) is 3. The Morgan fingerprint density at radius 1 is 1.35 bits per heavy atom. The van der Waals surface area contributed by atoms with E-state index >= 15 is 0 Å². The molecule has 0 unspecified atom stereocenters. The summed E-state index contributed by atoms with van der Waals surface area (Å²) >= 11 is 0. The van der Waals surface area contributed by atoms with Crippen LogP contribution in [0.2, 0.25) is 0 Å². The third kappa shape index (κ3) is 2.45. The van der Waals surface area contributed by atoms with Crippen LogP contribution in [0.1, 0.15) is 32.2 Å². The molecule has 0 aliphatic carbocycles. The topological polar surface area (TPSA) is 72.8 Å². The van der Waals surface area contributed by atoms with Gasteiger partial charge in [0.15, 0.2) is 0 Å². The van der Waals surface area contributed by atoms with E-state index in [0.717, 1.165) is 17.0 Å². The van der Waals surface area contributed by atoms with Gasteiger partial charge in [0.05, 0.1) is 18.5 Å². The van der Waals surface area contributed by atoms with Crippen LogP contribution in [0.25, 0.3) is 11.4 Å². The molecule has 0 radical (unpaired) electrons. The Labute approximate surface area is 117 Å².